The van der Waals surface area contributed by atoms with Gasteiger partial charge in [-0.2, -0.15) is 0 Å². The number of benzene rings is 1. The molecule has 3 aromatic rings. The van der Waals surface area contributed by atoms with Gasteiger partial charge >= 0.3 is 0 Å². The average Bonchev–Trinajstić information content (AvgIpc) is 3.03. The fourth-order valence-electron chi connectivity index (χ4n) is 2.85. The van der Waals surface area contributed by atoms with Crippen LogP contribution in [0.5, 0.6) is 0 Å². The molecule has 130 valence electrons. The van der Waals surface area contributed by atoms with Gasteiger partial charge in [-0.15, -0.1) is 0 Å². The van der Waals surface area contributed by atoms with Crippen molar-refractivity contribution >= 4 is 45.4 Å². The zero-order valence-corrected chi connectivity index (χ0v) is 15.9. The Bertz CT molecular complexity index is 1030. The summed E-state index contributed by atoms with van der Waals surface area (Å²) in [7, 11) is 0. The van der Waals surface area contributed by atoms with Crippen LogP contribution in [0.4, 0.5) is 5.69 Å². The number of hydrogen-bond donors (Lipinski definition) is 0. The standard InChI is InChI=1S/C18H12BrClN4O2/c1-10-7-11(20)8-12-14(9-25)26-17(23-16(10)12)13-3-4-15(19)24(13)18-21-5-2-6-22-18/h2-9,14H,1H3. The van der Waals surface area contributed by atoms with Crippen LogP contribution in [-0.4, -0.2) is 26.7 Å². The minimum atomic E-state index is -0.784. The summed E-state index contributed by atoms with van der Waals surface area (Å²) in [5.74, 6) is 0.783. The second-order valence-electron chi connectivity index (χ2n) is 5.68. The molecule has 2 aromatic heterocycles. The van der Waals surface area contributed by atoms with E-state index in [0.717, 1.165) is 16.5 Å². The molecule has 0 saturated heterocycles. The molecule has 3 heterocycles. The van der Waals surface area contributed by atoms with Gasteiger partial charge in [0.1, 0.15) is 5.69 Å². The van der Waals surface area contributed by atoms with E-state index in [2.05, 4.69) is 30.9 Å². The average molecular weight is 432 g/mol. The van der Waals surface area contributed by atoms with Gasteiger partial charge in [-0.3, -0.25) is 9.36 Å². The molecule has 0 bridgehead atoms. The normalized spacial score (nSPS) is 15.8. The van der Waals surface area contributed by atoms with Crippen molar-refractivity contribution in [1.82, 2.24) is 14.5 Å². The summed E-state index contributed by atoms with van der Waals surface area (Å²) in [6, 6.07) is 8.93. The third-order valence-corrected chi connectivity index (χ3v) is 4.82. The largest absolute Gasteiger partial charge is 0.460 e. The van der Waals surface area contributed by atoms with E-state index < -0.39 is 6.10 Å². The van der Waals surface area contributed by atoms with Crippen LogP contribution in [0.2, 0.25) is 5.02 Å². The van der Waals surface area contributed by atoms with Crippen molar-refractivity contribution in [2.45, 2.75) is 13.0 Å². The van der Waals surface area contributed by atoms with Gasteiger partial charge in [-0.05, 0) is 58.7 Å². The Balaban J connectivity index is 1.90. The Morgan fingerprint density at radius 2 is 2.04 bits per heavy atom. The van der Waals surface area contributed by atoms with E-state index in [-0.39, 0.29) is 0 Å². The van der Waals surface area contributed by atoms with Crippen molar-refractivity contribution in [2.24, 2.45) is 4.99 Å². The van der Waals surface area contributed by atoms with Crippen LogP contribution in [0.3, 0.4) is 0 Å². The molecular weight excluding hydrogens is 420 g/mol. The lowest BCUT2D eigenvalue weighted by atomic mass is 10.0. The van der Waals surface area contributed by atoms with E-state index in [0.29, 0.717) is 33.8 Å². The summed E-state index contributed by atoms with van der Waals surface area (Å²) < 4.78 is 8.36. The Labute approximate surface area is 162 Å². The SMILES string of the molecule is Cc1cc(Cl)cc2c1N=C(c1ccc(Br)n1-c1ncccn1)OC2C=O. The monoisotopic (exact) mass is 430 g/mol. The topological polar surface area (TPSA) is 69.4 Å². The minimum Gasteiger partial charge on any atom is -0.460 e. The molecule has 0 aliphatic carbocycles. The van der Waals surface area contributed by atoms with Crippen molar-refractivity contribution in [3.8, 4) is 5.95 Å². The number of aromatic nitrogens is 3. The lowest BCUT2D eigenvalue weighted by molar-refractivity contribution is -0.114. The quantitative estimate of drug-likeness (QED) is 0.579. The Hall–Kier alpha value is -2.51. The number of fused-ring (bicyclic) bond motifs is 1. The number of ether oxygens (including phenoxy) is 1. The lowest BCUT2D eigenvalue weighted by Gasteiger charge is -2.24. The maximum Gasteiger partial charge on any atom is 0.240 e. The molecule has 0 N–H and O–H groups in total. The van der Waals surface area contributed by atoms with E-state index in [9.17, 15) is 4.79 Å². The van der Waals surface area contributed by atoms with Gasteiger partial charge in [-0.1, -0.05) is 11.6 Å². The highest BCUT2D eigenvalue weighted by molar-refractivity contribution is 9.10. The third kappa shape index (κ3) is 2.83. The Morgan fingerprint density at radius 1 is 1.27 bits per heavy atom. The molecule has 4 rings (SSSR count). The highest BCUT2D eigenvalue weighted by Gasteiger charge is 2.28. The summed E-state index contributed by atoms with van der Waals surface area (Å²) in [5.41, 5.74) is 2.84. The number of hydrogen-bond acceptors (Lipinski definition) is 5. The summed E-state index contributed by atoms with van der Waals surface area (Å²) in [5, 5.41) is 0.541. The van der Waals surface area contributed by atoms with Crippen molar-refractivity contribution in [1.29, 1.82) is 0 Å². The number of aryl methyl sites for hydroxylation is 1. The van der Waals surface area contributed by atoms with Gasteiger partial charge in [0.2, 0.25) is 11.8 Å². The van der Waals surface area contributed by atoms with Crippen molar-refractivity contribution < 1.29 is 9.53 Å². The van der Waals surface area contributed by atoms with Gasteiger partial charge in [0.15, 0.2) is 12.4 Å². The first-order valence-corrected chi connectivity index (χ1v) is 8.91. The predicted octanol–water partition coefficient (Wildman–Crippen LogP) is 4.34. The van der Waals surface area contributed by atoms with Crippen LogP contribution < -0.4 is 0 Å². The lowest BCUT2D eigenvalue weighted by Crippen LogP contribution is -2.21. The van der Waals surface area contributed by atoms with Crippen molar-refractivity contribution in [3.63, 3.8) is 0 Å². The highest BCUT2D eigenvalue weighted by Crippen LogP contribution is 2.38. The maximum absolute atomic E-state index is 11.6. The van der Waals surface area contributed by atoms with E-state index in [1.807, 2.05) is 25.1 Å². The van der Waals surface area contributed by atoms with E-state index in [1.165, 1.54) is 0 Å². The van der Waals surface area contributed by atoms with Crippen LogP contribution in [0, 0.1) is 6.92 Å². The van der Waals surface area contributed by atoms with E-state index >= 15 is 0 Å². The van der Waals surface area contributed by atoms with Crippen LogP contribution in [0.15, 0.2) is 52.3 Å². The van der Waals surface area contributed by atoms with Gasteiger partial charge in [0, 0.05) is 23.0 Å². The molecule has 0 saturated carbocycles. The molecule has 1 atom stereocenters. The molecule has 1 aliphatic rings. The van der Waals surface area contributed by atoms with Gasteiger partial charge in [-0.25, -0.2) is 15.0 Å². The van der Waals surface area contributed by atoms with Crippen molar-refractivity contribution in [3.05, 3.63) is 69.2 Å². The minimum absolute atomic E-state index is 0.318. The number of halogens is 2. The first kappa shape index (κ1) is 16.9. The van der Waals surface area contributed by atoms with Crippen LogP contribution in [-0.2, 0) is 9.53 Å². The molecular formula is C18H12BrClN4O2. The molecule has 26 heavy (non-hydrogen) atoms. The first-order chi connectivity index (χ1) is 12.6. The molecule has 8 heteroatoms. The van der Waals surface area contributed by atoms with E-state index in [1.54, 1.807) is 29.1 Å². The Kier molecular flexibility index (Phi) is 4.34. The number of aldehydes is 1. The summed E-state index contributed by atoms with van der Waals surface area (Å²) in [4.78, 5) is 24.8. The highest BCUT2D eigenvalue weighted by atomic mass is 79.9. The molecule has 1 aliphatic heterocycles. The predicted molar refractivity (Wildman–Crippen MR) is 101 cm³/mol. The zero-order valence-electron chi connectivity index (χ0n) is 13.6. The molecule has 0 spiro atoms. The number of nitrogens with zero attached hydrogens (tertiary/aromatic N) is 4. The van der Waals surface area contributed by atoms with E-state index in [4.69, 9.17) is 16.3 Å². The summed E-state index contributed by atoms with van der Waals surface area (Å²) in [6.45, 7) is 1.90. The Morgan fingerprint density at radius 3 is 2.77 bits per heavy atom. The second kappa shape index (κ2) is 6.66. The van der Waals surface area contributed by atoms with Gasteiger partial charge in [0.25, 0.3) is 0 Å². The second-order valence-corrected chi connectivity index (χ2v) is 6.93. The zero-order chi connectivity index (χ0) is 18.3. The molecule has 0 radical (unpaired) electrons. The number of carbonyl (C=O) groups is 1. The number of aliphatic imine (C=N–C) groups is 1. The number of rotatable bonds is 3. The fraction of sp³-hybridized carbons (Fsp3) is 0.111. The molecule has 1 aromatic carbocycles. The summed E-state index contributed by atoms with van der Waals surface area (Å²) >= 11 is 9.61. The fourth-order valence-corrected chi connectivity index (χ4v) is 3.61. The molecule has 1 unspecified atom stereocenters. The van der Waals surface area contributed by atoms with Crippen LogP contribution >= 0.6 is 27.5 Å². The molecule has 6 nitrogen and oxygen atoms in total. The molecule has 0 amide bonds. The maximum atomic E-state index is 11.6. The number of carbonyl (C=O) groups excluding carboxylic acids is 1. The van der Waals surface area contributed by atoms with Crippen LogP contribution in [0.25, 0.3) is 5.95 Å². The van der Waals surface area contributed by atoms with Gasteiger partial charge < -0.3 is 4.74 Å². The summed E-state index contributed by atoms with van der Waals surface area (Å²) in [6.07, 6.45) is 3.26. The van der Waals surface area contributed by atoms with Crippen LogP contribution in [0.1, 0.15) is 22.9 Å². The first-order valence-electron chi connectivity index (χ1n) is 7.74. The third-order valence-electron chi connectivity index (χ3n) is 3.98. The molecule has 0 fully saturated rings. The smallest absolute Gasteiger partial charge is 0.240 e. The van der Waals surface area contributed by atoms with Gasteiger partial charge in [0.05, 0.1) is 10.3 Å². The van der Waals surface area contributed by atoms with Crippen molar-refractivity contribution in [2.75, 3.05) is 0 Å².